The van der Waals surface area contributed by atoms with Gasteiger partial charge in [-0.2, -0.15) is 0 Å². The molecule has 4 nitrogen and oxygen atoms in total. The van der Waals surface area contributed by atoms with Crippen molar-refractivity contribution in [1.82, 2.24) is 9.88 Å². The maximum Gasteiger partial charge on any atom is 0.328 e. The Bertz CT molecular complexity index is 1380. The molecule has 2 aliphatic heterocycles. The Morgan fingerprint density at radius 2 is 2.09 bits per heavy atom. The number of carbonyl (C=O) groups is 1. The van der Waals surface area contributed by atoms with Gasteiger partial charge >= 0.3 is 5.97 Å². The van der Waals surface area contributed by atoms with Crippen LogP contribution in [-0.4, -0.2) is 32.5 Å². The van der Waals surface area contributed by atoms with Crippen LogP contribution in [0.15, 0.2) is 42.5 Å². The van der Waals surface area contributed by atoms with Crippen molar-refractivity contribution in [3.05, 3.63) is 76.2 Å². The number of hydrogen-bond donors (Lipinski definition) is 2. The number of fused-ring (bicyclic) bond motifs is 7. The van der Waals surface area contributed by atoms with Crippen LogP contribution in [0.1, 0.15) is 67.0 Å². The molecule has 0 radical (unpaired) electrons. The van der Waals surface area contributed by atoms with Crippen LogP contribution in [0.2, 0.25) is 0 Å². The van der Waals surface area contributed by atoms with Crippen molar-refractivity contribution in [2.24, 2.45) is 5.92 Å². The Kier molecular flexibility index (Phi) is 3.64. The molecule has 2 aromatic carbocycles. The summed E-state index contributed by atoms with van der Waals surface area (Å²) in [6.45, 7) is 4.48. The fraction of sp³-hybridized carbons (Fsp3) is 0.393. The maximum atomic E-state index is 16.1. The van der Waals surface area contributed by atoms with E-state index in [1.165, 1.54) is 35.9 Å². The number of aliphatic carboxylic acids is 1. The minimum Gasteiger partial charge on any atom is -0.478 e. The number of carboxylic acids is 1. The summed E-state index contributed by atoms with van der Waals surface area (Å²) < 4.78 is 16.1. The number of nitrogens with zero attached hydrogens (tertiary/aromatic N) is 1. The number of rotatable bonds is 3. The van der Waals surface area contributed by atoms with E-state index in [9.17, 15) is 4.79 Å². The van der Waals surface area contributed by atoms with Gasteiger partial charge in [0.2, 0.25) is 0 Å². The Labute approximate surface area is 192 Å². The average Bonchev–Trinajstić information content (AvgIpc) is 3.11. The van der Waals surface area contributed by atoms with Gasteiger partial charge in [-0.15, -0.1) is 0 Å². The highest BCUT2D eigenvalue weighted by Crippen LogP contribution is 2.76. The summed E-state index contributed by atoms with van der Waals surface area (Å²) in [5.74, 6) is -0.302. The van der Waals surface area contributed by atoms with E-state index in [0.717, 1.165) is 41.3 Å². The lowest BCUT2D eigenvalue weighted by Gasteiger charge is -2.79. The lowest BCUT2D eigenvalue weighted by molar-refractivity contribution is -0.233. The maximum absolute atomic E-state index is 16.1. The normalized spacial score (nSPS) is 33.6. The molecule has 1 spiro atoms. The van der Waals surface area contributed by atoms with Crippen molar-refractivity contribution in [2.75, 3.05) is 0 Å². The van der Waals surface area contributed by atoms with Gasteiger partial charge in [0.1, 0.15) is 5.82 Å². The summed E-state index contributed by atoms with van der Waals surface area (Å²) in [5.41, 5.74) is 5.57. The molecule has 3 aliphatic carbocycles. The van der Waals surface area contributed by atoms with Gasteiger partial charge in [-0.3, -0.25) is 4.90 Å². The van der Waals surface area contributed by atoms with Crippen LogP contribution in [0.5, 0.6) is 0 Å². The van der Waals surface area contributed by atoms with Crippen molar-refractivity contribution in [3.63, 3.8) is 0 Å². The highest BCUT2D eigenvalue weighted by atomic mass is 19.1. The highest BCUT2D eigenvalue weighted by molar-refractivity contribution is 5.87. The first-order valence-corrected chi connectivity index (χ1v) is 12.0. The standard InChI is InChI=1S/C28H27FN2O2/c1-3-17-12-19-18-6-4-5-7-22(18)30-26(19)27(2)25-20(24-16-13-28(24,14-16)31(17)27)10-15(11-21(25)29)8-9-23(32)33/h4-11,16-17,24,30H,3,12-14H2,1-2H3,(H,32,33)/b9-8+/t16?,17-,24?,27+,28?/m0/s1. The van der Waals surface area contributed by atoms with Gasteiger partial charge in [0, 0.05) is 45.7 Å². The summed E-state index contributed by atoms with van der Waals surface area (Å²) in [6, 6.07) is 12.4. The molecule has 0 saturated heterocycles. The number of nitrogens with one attached hydrogen (secondary N) is 1. The molecule has 2 bridgehead atoms. The largest absolute Gasteiger partial charge is 0.478 e. The van der Waals surface area contributed by atoms with Crippen molar-refractivity contribution >= 4 is 22.9 Å². The molecule has 5 heteroatoms. The monoisotopic (exact) mass is 442 g/mol. The SMILES string of the molecule is CC[C@H]1Cc2c([nH]c3ccccc23)[C@@]2(C)c3c(F)cc(/C=C/C(=O)O)cc3C3C4CC3(C4)N12. The van der Waals surface area contributed by atoms with Gasteiger partial charge in [-0.25, -0.2) is 9.18 Å². The minimum atomic E-state index is -1.02. The van der Waals surface area contributed by atoms with Gasteiger partial charge in [-0.1, -0.05) is 31.2 Å². The zero-order valence-corrected chi connectivity index (χ0v) is 18.9. The summed E-state index contributed by atoms with van der Waals surface area (Å²) >= 11 is 0. The third-order valence-corrected chi connectivity index (χ3v) is 9.20. The number of hydrogen-bond acceptors (Lipinski definition) is 2. The number of benzene rings is 2. The molecular weight excluding hydrogens is 415 g/mol. The summed E-state index contributed by atoms with van der Waals surface area (Å²) in [6.07, 6.45) is 6.98. The van der Waals surface area contributed by atoms with Crippen molar-refractivity contribution in [3.8, 4) is 0 Å². The second kappa shape index (κ2) is 6.15. The lowest BCUT2D eigenvalue weighted by Crippen LogP contribution is -2.82. The van der Waals surface area contributed by atoms with Crippen LogP contribution < -0.4 is 0 Å². The molecule has 1 unspecified atom stereocenters. The number of H-pyrrole nitrogens is 1. The van der Waals surface area contributed by atoms with Crippen LogP contribution in [0.25, 0.3) is 17.0 Å². The molecule has 3 aromatic rings. The molecule has 3 saturated carbocycles. The number of halogens is 1. The fourth-order valence-electron chi connectivity index (χ4n) is 8.04. The Morgan fingerprint density at radius 3 is 2.79 bits per heavy atom. The van der Waals surface area contributed by atoms with E-state index in [4.69, 9.17) is 5.11 Å². The third kappa shape index (κ3) is 2.17. The van der Waals surface area contributed by atoms with Gasteiger partial charge in [-0.05, 0) is 73.4 Å². The van der Waals surface area contributed by atoms with Crippen LogP contribution in [0.4, 0.5) is 4.39 Å². The molecule has 1 aromatic heterocycles. The Hall–Kier alpha value is -2.92. The number of aromatic amines is 1. The molecule has 33 heavy (non-hydrogen) atoms. The Balaban J connectivity index is 1.53. The molecule has 2 N–H and O–H groups in total. The van der Waals surface area contributed by atoms with Crippen molar-refractivity contribution in [1.29, 1.82) is 0 Å². The third-order valence-electron chi connectivity index (χ3n) is 9.20. The molecule has 5 aliphatic rings. The second-order valence-electron chi connectivity index (χ2n) is 10.6. The molecular formula is C28H27FN2O2. The second-order valence-corrected chi connectivity index (χ2v) is 10.6. The molecule has 8 rings (SSSR count). The first-order valence-electron chi connectivity index (χ1n) is 12.0. The summed E-state index contributed by atoms with van der Waals surface area (Å²) in [7, 11) is 0. The zero-order valence-electron chi connectivity index (χ0n) is 18.9. The quantitative estimate of drug-likeness (QED) is 0.522. The van der Waals surface area contributed by atoms with Crippen LogP contribution in [0, 0.1) is 11.7 Å². The van der Waals surface area contributed by atoms with Crippen LogP contribution >= 0.6 is 0 Å². The molecule has 3 heterocycles. The van der Waals surface area contributed by atoms with E-state index < -0.39 is 11.5 Å². The molecule has 3 fully saturated rings. The van der Waals surface area contributed by atoms with E-state index in [2.05, 4.69) is 54.1 Å². The number of para-hydroxylation sites is 1. The predicted octanol–water partition coefficient (Wildman–Crippen LogP) is 5.56. The van der Waals surface area contributed by atoms with E-state index in [1.54, 1.807) is 0 Å². The fourth-order valence-corrected chi connectivity index (χ4v) is 8.04. The van der Waals surface area contributed by atoms with Gasteiger partial charge < -0.3 is 10.1 Å². The summed E-state index contributed by atoms with van der Waals surface area (Å²) in [4.78, 5) is 17.5. The smallest absolute Gasteiger partial charge is 0.328 e. The summed E-state index contributed by atoms with van der Waals surface area (Å²) in [5, 5.41) is 10.3. The lowest BCUT2D eigenvalue weighted by atomic mass is 9.36. The molecule has 168 valence electrons. The van der Waals surface area contributed by atoms with Crippen molar-refractivity contribution < 1.29 is 14.3 Å². The van der Waals surface area contributed by atoms with E-state index in [1.807, 2.05) is 0 Å². The van der Waals surface area contributed by atoms with Crippen molar-refractivity contribution in [2.45, 2.75) is 62.6 Å². The number of carboxylic acid groups (broad SMARTS) is 1. The van der Waals surface area contributed by atoms with Gasteiger partial charge in [0.05, 0.1) is 5.54 Å². The average molecular weight is 443 g/mol. The number of aromatic nitrogens is 1. The Morgan fingerprint density at radius 1 is 1.30 bits per heavy atom. The van der Waals surface area contributed by atoms with E-state index >= 15 is 4.39 Å². The molecule has 0 amide bonds. The van der Waals surface area contributed by atoms with Crippen LogP contribution in [0.3, 0.4) is 0 Å². The predicted molar refractivity (Wildman–Crippen MR) is 126 cm³/mol. The topological polar surface area (TPSA) is 56.3 Å². The zero-order chi connectivity index (χ0) is 22.7. The van der Waals surface area contributed by atoms with Gasteiger partial charge in [0.25, 0.3) is 0 Å². The first-order chi connectivity index (χ1) is 15.9. The highest BCUT2D eigenvalue weighted by Gasteiger charge is 2.75. The van der Waals surface area contributed by atoms with E-state index in [-0.39, 0.29) is 11.4 Å². The minimum absolute atomic E-state index is 0.0870. The van der Waals surface area contributed by atoms with Crippen LogP contribution in [-0.2, 0) is 16.8 Å². The molecule has 3 atom stereocenters. The van der Waals surface area contributed by atoms with Gasteiger partial charge in [0.15, 0.2) is 0 Å². The van der Waals surface area contributed by atoms with E-state index in [0.29, 0.717) is 23.4 Å². The first kappa shape index (κ1) is 19.5.